The molecule has 1 aliphatic rings. The first kappa shape index (κ1) is 20.0. The van der Waals surface area contributed by atoms with E-state index in [9.17, 15) is 14.7 Å². The molecule has 25 heavy (non-hydrogen) atoms. The predicted molar refractivity (Wildman–Crippen MR) is 107 cm³/mol. The average Bonchev–Trinajstić information content (AvgIpc) is 2.80. The fraction of sp³-hybridized carbons (Fsp3) is 0.389. The third-order valence-electron chi connectivity index (χ3n) is 4.17. The van der Waals surface area contributed by atoms with Crippen molar-refractivity contribution in [2.75, 3.05) is 12.0 Å². The number of amides is 1. The van der Waals surface area contributed by atoms with Crippen LogP contribution in [-0.4, -0.2) is 39.1 Å². The molecule has 0 spiro atoms. The van der Waals surface area contributed by atoms with Gasteiger partial charge < -0.3 is 9.90 Å². The lowest BCUT2D eigenvalue weighted by Gasteiger charge is -2.27. The summed E-state index contributed by atoms with van der Waals surface area (Å²) in [4.78, 5) is 25.9. The summed E-state index contributed by atoms with van der Waals surface area (Å²) in [6, 6.07) is 3.08. The van der Waals surface area contributed by atoms with Crippen LogP contribution < -0.4 is 5.11 Å². The van der Waals surface area contributed by atoms with E-state index >= 15 is 0 Å². The highest BCUT2D eigenvalue weighted by Crippen LogP contribution is 2.35. The van der Waals surface area contributed by atoms with Crippen LogP contribution in [0.1, 0.15) is 28.7 Å². The minimum Gasteiger partial charge on any atom is -0.548 e. The van der Waals surface area contributed by atoms with E-state index in [1.54, 1.807) is 6.08 Å². The zero-order chi connectivity index (χ0) is 18.7. The minimum atomic E-state index is -1.27. The lowest BCUT2D eigenvalue weighted by molar-refractivity contribution is -0.310. The Kier molecular flexibility index (Phi) is 6.71. The first-order chi connectivity index (χ1) is 11.8. The summed E-state index contributed by atoms with van der Waals surface area (Å²) in [7, 11) is 0. The molecule has 0 aromatic heterocycles. The van der Waals surface area contributed by atoms with Gasteiger partial charge in [-0.05, 0) is 67.5 Å². The second-order valence-electron chi connectivity index (χ2n) is 5.96. The fourth-order valence-electron chi connectivity index (χ4n) is 2.61. The monoisotopic (exact) mass is 394 g/mol. The number of thioether (sulfide) groups is 2. The summed E-state index contributed by atoms with van der Waals surface area (Å²) in [6.45, 7) is 6.05. The number of carbonyl (C=O) groups excluding carboxylic acids is 2. The number of aryl methyl sites for hydroxylation is 3. The number of thiocarbonyl (C=S) groups is 1. The van der Waals surface area contributed by atoms with Crippen molar-refractivity contribution in [3.8, 4) is 0 Å². The molecule has 1 heterocycles. The SMILES string of the molecule is CSCC[C@H](C(=O)[O-])N1C(=O)/C(=C\c2cc(C)c(C)cc2C)SC1=S. The molecule has 1 saturated heterocycles. The van der Waals surface area contributed by atoms with Gasteiger partial charge in [0.25, 0.3) is 5.91 Å². The molecule has 1 aromatic carbocycles. The summed E-state index contributed by atoms with van der Waals surface area (Å²) in [5.74, 6) is -1.01. The molecule has 2 rings (SSSR count). The maximum atomic E-state index is 12.7. The van der Waals surface area contributed by atoms with Gasteiger partial charge in [-0.2, -0.15) is 11.8 Å². The van der Waals surface area contributed by atoms with Gasteiger partial charge in [0.2, 0.25) is 0 Å². The van der Waals surface area contributed by atoms with Crippen molar-refractivity contribution < 1.29 is 14.7 Å². The highest BCUT2D eigenvalue weighted by Gasteiger charge is 2.37. The van der Waals surface area contributed by atoms with Crippen LogP contribution in [0.25, 0.3) is 6.08 Å². The molecule has 0 bridgehead atoms. The highest BCUT2D eigenvalue weighted by atomic mass is 32.2. The molecule has 134 valence electrons. The van der Waals surface area contributed by atoms with Crippen LogP contribution >= 0.6 is 35.7 Å². The minimum absolute atomic E-state index is 0.271. The average molecular weight is 395 g/mol. The van der Waals surface area contributed by atoms with Crippen molar-refractivity contribution in [2.24, 2.45) is 0 Å². The molecule has 1 fully saturated rings. The summed E-state index contributed by atoms with van der Waals surface area (Å²) in [5, 5.41) is 11.5. The lowest BCUT2D eigenvalue weighted by atomic mass is 10.0. The van der Waals surface area contributed by atoms with Gasteiger partial charge in [0.05, 0.1) is 16.9 Å². The van der Waals surface area contributed by atoms with E-state index < -0.39 is 12.0 Å². The van der Waals surface area contributed by atoms with Crippen molar-refractivity contribution in [3.05, 3.63) is 39.3 Å². The normalized spacial score (nSPS) is 17.4. The van der Waals surface area contributed by atoms with Crippen LogP contribution in [0, 0.1) is 20.8 Å². The zero-order valence-corrected chi connectivity index (χ0v) is 17.1. The number of benzene rings is 1. The topological polar surface area (TPSA) is 60.4 Å². The Balaban J connectivity index is 2.34. The van der Waals surface area contributed by atoms with Crippen molar-refractivity contribution in [2.45, 2.75) is 33.2 Å². The molecule has 0 radical (unpaired) electrons. The zero-order valence-electron chi connectivity index (χ0n) is 14.6. The Morgan fingerprint density at radius 3 is 2.56 bits per heavy atom. The van der Waals surface area contributed by atoms with Gasteiger partial charge in [-0.1, -0.05) is 36.1 Å². The highest BCUT2D eigenvalue weighted by molar-refractivity contribution is 8.26. The van der Waals surface area contributed by atoms with Crippen LogP contribution in [0.4, 0.5) is 0 Å². The Bertz CT molecular complexity index is 758. The number of aliphatic carboxylic acids is 1. The molecular formula is C18H20NO3S3-. The Hall–Kier alpha value is -1.31. The van der Waals surface area contributed by atoms with Crippen molar-refractivity contribution in [3.63, 3.8) is 0 Å². The van der Waals surface area contributed by atoms with Crippen LogP contribution in [0.3, 0.4) is 0 Å². The molecule has 0 unspecified atom stereocenters. The van der Waals surface area contributed by atoms with Crippen LogP contribution in [0.2, 0.25) is 0 Å². The molecule has 0 saturated carbocycles. The largest absolute Gasteiger partial charge is 0.548 e. The Morgan fingerprint density at radius 1 is 1.32 bits per heavy atom. The number of rotatable bonds is 6. The van der Waals surface area contributed by atoms with Gasteiger partial charge in [-0.3, -0.25) is 9.69 Å². The van der Waals surface area contributed by atoms with Gasteiger partial charge >= 0.3 is 0 Å². The summed E-state index contributed by atoms with van der Waals surface area (Å²) < 4.78 is 0.271. The number of nitrogens with zero attached hydrogens (tertiary/aromatic N) is 1. The fourth-order valence-corrected chi connectivity index (χ4v) is 4.42. The van der Waals surface area contributed by atoms with Crippen molar-refractivity contribution in [1.82, 2.24) is 4.90 Å². The molecule has 0 N–H and O–H groups in total. The van der Waals surface area contributed by atoms with E-state index in [2.05, 4.69) is 6.07 Å². The second-order valence-corrected chi connectivity index (χ2v) is 8.62. The number of carboxylic acids is 1. The Morgan fingerprint density at radius 2 is 1.96 bits per heavy atom. The standard InChI is InChI=1S/C18H21NO3S3/c1-10-7-12(3)13(8-11(10)2)9-15-16(20)19(18(23)25-15)14(17(21)22)5-6-24-4/h7-9,14H,5-6H2,1-4H3,(H,21,22)/p-1/b15-9+/t14-/m1/s1. The van der Waals surface area contributed by atoms with Gasteiger partial charge in [-0.15, -0.1) is 0 Å². The van der Waals surface area contributed by atoms with Crippen molar-refractivity contribution in [1.29, 1.82) is 0 Å². The maximum Gasteiger partial charge on any atom is 0.266 e. The van der Waals surface area contributed by atoms with E-state index in [1.165, 1.54) is 22.2 Å². The smallest absolute Gasteiger partial charge is 0.266 e. The third-order valence-corrected chi connectivity index (χ3v) is 6.15. The molecular weight excluding hydrogens is 374 g/mol. The second kappa shape index (κ2) is 8.38. The van der Waals surface area contributed by atoms with E-state index in [-0.39, 0.29) is 10.2 Å². The molecule has 1 amide bonds. The molecule has 4 nitrogen and oxygen atoms in total. The number of hydrogen-bond acceptors (Lipinski definition) is 6. The predicted octanol–water partition coefficient (Wildman–Crippen LogP) is 2.68. The molecule has 7 heteroatoms. The van der Waals surface area contributed by atoms with Crippen LogP contribution in [0.5, 0.6) is 0 Å². The number of carbonyl (C=O) groups is 2. The van der Waals surface area contributed by atoms with Crippen molar-refractivity contribution >= 4 is 58.0 Å². The number of carboxylic acid groups (broad SMARTS) is 1. The lowest BCUT2D eigenvalue weighted by Crippen LogP contribution is -2.50. The van der Waals surface area contributed by atoms with Gasteiger partial charge in [0, 0.05) is 0 Å². The van der Waals surface area contributed by atoms with E-state index in [4.69, 9.17) is 12.2 Å². The summed E-state index contributed by atoms with van der Waals surface area (Å²) >= 11 is 7.93. The maximum absolute atomic E-state index is 12.7. The van der Waals surface area contributed by atoms with E-state index in [1.807, 2.05) is 33.1 Å². The van der Waals surface area contributed by atoms with Gasteiger partial charge in [-0.25, -0.2) is 0 Å². The van der Waals surface area contributed by atoms with Crippen LogP contribution in [-0.2, 0) is 9.59 Å². The first-order valence-corrected chi connectivity index (χ1v) is 10.4. The Labute approximate surface area is 162 Å². The van der Waals surface area contributed by atoms with E-state index in [0.717, 1.165) is 28.5 Å². The van der Waals surface area contributed by atoms with Crippen LogP contribution in [0.15, 0.2) is 17.0 Å². The third kappa shape index (κ3) is 4.46. The molecule has 0 aliphatic carbocycles. The molecule has 1 aliphatic heterocycles. The first-order valence-electron chi connectivity index (χ1n) is 7.81. The summed E-state index contributed by atoms with van der Waals surface area (Å²) in [5.41, 5.74) is 4.33. The quantitative estimate of drug-likeness (QED) is 0.546. The number of hydrogen-bond donors (Lipinski definition) is 0. The molecule has 1 atom stereocenters. The molecule has 1 aromatic rings. The summed E-state index contributed by atoms with van der Waals surface area (Å²) in [6.07, 6.45) is 3.99. The van der Waals surface area contributed by atoms with E-state index in [0.29, 0.717) is 17.1 Å². The van der Waals surface area contributed by atoms with Gasteiger partial charge in [0.1, 0.15) is 4.32 Å². The van der Waals surface area contributed by atoms with Gasteiger partial charge in [0.15, 0.2) is 0 Å².